The Morgan fingerprint density at radius 3 is 2.00 bits per heavy atom. The van der Waals surface area contributed by atoms with Gasteiger partial charge in [-0.2, -0.15) is 5.26 Å². The van der Waals surface area contributed by atoms with Crippen molar-refractivity contribution in [3.05, 3.63) is 11.3 Å². The molecule has 0 amide bonds. The Balaban J connectivity index is 0. The summed E-state index contributed by atoms with van der Waals surface area (Å²) < 4.78 is 26.4. The minimum absolute atomic E-state index is 0. The van der Waals surface area contributed by atoms with Crippen LogP contribution in [0.2, 0.25) is 0 Å². The molecule has 17 heavy (non-hydrogen) atoms. The third-order valence-corrected chi connectivity index (χ3v) is 3.47. The molecule has 0 aromatic heterocycles. The molecular formula is C9H15NNaO5P. The van der Waals surface area contributed by atoms with Crippen LogP contribution in [0.5, 0.6) is 0 Å². The van der Waals surface area contributed by atoms with E-state index in [2.05, 4.69) is 4.74 Å². The maximum Gasteiger partial charge on any atom is 1.00 e. The SMILES string of the molecule is CCOC([O-])=C(C#N)P(=O)(OCC)OCC.[Na+]. The van der Waals surface area contributed by atoms with Gasteiger partial charge >= 0.3 is 37.2 Å². The maximum absolute atomic E-state index is 12.1. The van der Waals surface area contributed by atoms with Crippen LogP contribution >= 0.6 is 7.60 Å². The minimum atomic E-state index is -3.83. The minimum Gasteiger partial charge on any atom is -0.612 e. The number of hydrogen-bond donors (Lipinski definition) is 0. The van der Waals surface area contributed by atoms with Gasteiger partial charge in [0.25, 0.3) is 0 Å². The predicted molar refractivity (Wildman–Crippen MR) is 55.1 cm³/mol. The van der Waals surface area contributed by atoms with Gasteiger partial charge in [-0.05, 0) is 20.5 Å². The fraction of sp³-hybridized carbons (Fsp3) is 0.667. The van der Waals surface area contributed by atoms with Crippen LogP contribution in [0.1, 0.15) is 20.8 Å². The molecule has 0 fully saturated rings. The molecule has 0 atom stereocenters. The summed E-state index contributed by atoms with van der Waals surface area (Å²) in [6, 6.07) is 1.53. The average molecular weight is 271 g/mol. The molecule has 0 aliphatic heterocycles. The van der Waals surface area contributed by atoms with Crippen LogP contribution in [0.15, 0.2) is 11.3 Å². The van der Waals surface area contributed by atoms with E-state index in [0.29, 0.717) is 0 Å². The van der Waals surface area contributed by atoms with Crippen LogP contribution in [-0.4, -0.2) is 19.8 Å². The number of ether oxygens (including phenoxy) is 1. The van der Waals surface area contributed by atoms with E-state index in [0.717, 1.165) is 0 Å². The van der Waals surface area contributed by atoms with Crippen LogP contribution in [-0.2, 0) is 18.3 Å². The molecule has 0 saturated heterocycles. The number of rotatable bonds is 7. The molecule has 0 radical (unpaired) electrons. The molecule has 0 aliphatic carbocycles. The van der Waals surface area contributed by atoms with Gasteiger partial charge in [-0.25, -0.2) is 0 Å². The van der Waals surface area contributed by atoms with E-state index in [1.165, 1.54) is 6.07 Å². The Labute approximate surface area is 123 Å². The van der Waals surface area contributed by atoms with Crippen LogP contribution in [0.25, 0.3) is 0 Å². The van der Waals surface area contributed by atoms with Crippen molar-refractivity contribution >= 4 is 7.60 Å². The number of nitriles is 1. The van der Waals surface area contributed by atoms with Crippen molar-refractivity contribution in [3.63, 3.8) is 0 Å². The van der Waals surface area contributed by atoms with Gasteiger partial charge in [0, 0.05) is 0 Å². The largest absolute Gasteiger partial charge is 1.00 e. The molecule has 6 nitrogen and oxygen atoms in total. The Morgan fingerprint density at radius 1 is 1.24 bits per heavy atom. The molecule has 0 aromatic rings. The van der Waals surface area contributed by atoms with Crippen LogP contribution in [0, 0.1) is 11.3 Å². The van der Waals surface area contributed by atoms with Crippen LogP contribution < -0.4 is 34.7 Å². The maximum atomic E-state index is 12.1. The van der Waals surface area contributed by atoms with Crippen molar-refractivity contribution in [2.45, 2.75) is 20.8 Å². The van der Waals surface area contributed by atoms with E-state index in [1.807, 2.05) is 0 Å². The molecule has 0 N–H and O–H groups in total. The van der Waals surface area contributed by atoms with Crippen molar-refractivity contribution in [2.75, 3.05) is 19.8 Å². The smallest absolute Gasteiger partial charge is 0.612 e. The van der Waals surface area contributed by atoms with E-state index in [-0.39, 0.29) is 49.4 Å². The Hall–Kier alpha value is -0.0200. The summed E-state index contributed by atoms with van der Waals surface area (Å²) in [5, 5.41) is 19.5. The van der Waals surface area contributed by atoms with Crippen molar-refractivity contribution in [1.29, 1.82) is 5.26 Å². The van der Waals surface area contributed by atoms with E-state index in [1.54, 1.807) is 20.8 Å². The van der Waals surface area contributed by atoms with E-state index < -0.39 is 18.9 Å². The topological polar surface area (TPSA) is 91.6 Å². The fourth-order valence-electron chi connectivity index (χ4n) is 0.924. The third kappa shape index (κ3) is 5.91. The van der Waals surface area contributed by atoms with Crippen molar-refractivity contribution in [3.8, 4) is 6.07 Å². The number of nitrogens with zero attached hydrogens (tertiary/aromatic N) is 1. The van der Waals surface area contributed by atoms with Crippen LogP contribution in [0.3, 0.4) is 0 Å². The summed E-state index contributed by atoms with van der Waals surface area (Å²) in [4.78, 5) is 0. The third-order valence-electron chi connectivity index (χ3n) is 1.45. The molecule has 0 spiro atoms. The predicted octanol–water partition coefficient (Wildman–Crippen LogP) is -1.65. The Kier molecular flexibility index (Phi) is 11.3. The average Bonchev–Trinajstić information content (AvgIpc) is 2.19. The molecular weight excluding hydrogens is 256 g/mol. The van der Waals surface area contributed by atoms with Crippen LogP contribution in [0.4, 0.5) is 0 Å². The first kappa shape index (κ1) is 19.3. The first-order valence-corrected chi connectivity index (χ1v) is 6.43. The number of allylic oxidation sites excluding steroid dienone is 1. The zero-order valence-corrected chi connectivity index (χ0v) is 13.5. The fourth-order valence-corrected chi connectivity index (χ4v) is 2.35. The van der Waals surface area contributed by atoms with Gasteiger partial charge in [-0.3, -0.25) is 4.57 Å². The Morgan fingerprint density at radius 2 is 1.71 bits per heavy atom. The van der Waals surface area contributed by atoms with Gasteiger partial charge in [-0.15, -0.1) is 0 Å². The summed E-state index contributed by atoms with van der Waals surface area (Å²) in [6.07, 6.45) is 0. The van der Waals surface area contributed by atoms with E-state index >= 15 is 0 Å². The normalized spacial score (nSPS) is 12.1. The van der Waals surface area contributed by atoms with Gasteiger partial charge in [0.2, 0.25) is 0 Å². The van der Waals surface area contributed by atoms with Crippen molar-refractivity contribution in [2.24, 2.45) is 0 Å². The Bertz CT molecular complexity index is 329. The molecule has 0 saturated carbocycles. The standard InChI is InChI=1S/C9H16NO5P.Na/c1-4-13-9(11)8(7-10)16(12,14-5-2)15-6-3;/h11H,4-6H2,1-3H3;/q;+1/p-1. The first-order valence-electron chi connectivity index (χ1n) is 4.89. The zero-order chi connectivity index (χ0) is 12.6. The quantitative estimate of drug-likeness (QED) is 0.238. The summed E-state index contributed by atoms with van der Waals surface area (Å²) >= 11 is 0. The van der Waals surface area contributed by atoms with Gasteiger partial charge in [0.15, 0.2) is 5.31 Å². The van der Waals surface area contributed by atoms with Crippen molar-refractivity contribution < 1.29 is 53.0 Å². The second-order valence-corrected chi connectivity index (χ2v) is 4.47. The molecule has 0 bridgehead atoms. The van der Waals surface area contributed by atoms with Gasteiger partial charge in [-0.1, -0.05) is 6.92 Å². The molecule has 0 aliphatic rings. The summed E-state index contributed by atoms with van der Waals surface area (Å²) in [7, 11) is -3.83. The zero-order valence-electron chi connectivity index (χ0n) is 10.6. The molecule has 0 heterocycles. The first-order chi connectivity index (χ1) is 7.55. The second kappa shape index (κ2) is 9.95. The molecule has 8 heteroatoms. The van der Waals surface area contributed by atoms with Crippen molar-refractivity contribution in [1.82, 2.24) is 0 Å². The van der Waals surface area contributed by atoms with E-state index in [9.17, 15) is 9.67 Å². The van der Waals surface area contributed by atoms with E-state index in [4.69, 9.17) is 14.3 Å². The summed E-state index contributed by atoms with van der Waals surface area (Å²) in [5.74, 6) is -0.963. The van der Waals surface area contributed by atoms with Gasteiger partial charge in [0.05, 0.1) is 19.2 Å². The molecule has 0 unspecified atom stereocenters. The molecule has 0 rings (SSSR count). The summed E-state index contributed by atoms with van der Waals surface area (Å²) in [6.45, 7) is 4.99. The molecule has 92 valence electrons. The van der Waals surface area contributed by atoms with Gasteiger partial charge < -0.3 is 18.9 Å². The van der Waals surface area contributed by atoms with Gasteiger partial charge in [0.1, 0.15) is 6.07 Å². The monoisotopic (exact) mass is 271 g/mol. The second-order valence-electron chi connectivity index (χ2n) is 2.51. The number of hydrogen-bond acceptors (Lipinski definition) is 6. The summed E-state index contributed by atoms with van der Waals surface area (Å²) in [5.41, 5.74) is 0. The molecule has 0 aromatic carbocycles.